The van der Waals surface area contributed by atoms with Gasteiger partial charge in [-0.3, -0.25) is 14.5 Å². The average molecular weight is 374 g/mol. The lowest BCUT2D eigenvalue weighted by Gasteiger charge is -2.27. The van der Waals surface area contributed by atoms with Crippen LogP contribution in [0.4, 0.5) is 4.79 Å². The van der Waals surface area contributed by atoms with Gasteiger partial charge >= 0.3 is 6.09 Å². The Kier molecular flexibility index (Phi) is 7.59. The minimum atomic E-state index is -0.561. The molecule has 0 bridgehead atoms. The highest BCUT2D eigenvalue weighted by Gasteiger charge is 2.47. The molecule has 0 spiro atoms. The molecule has 2 saturated heterocycles. The molecule has 2 amide bonds. The third kappa shape index (κ3) is 6.69. The van der Waals surface area contributed by atoms with Crippen molar-refractivity contribution in [2.45, 2.75) is 70.6 Å². The van der Waals surface area contributed by atoms with Crippen molar-refractivity contribution in [1.29, 1.82) is 0 Å². The number of carbonyl (C=O) groups excluding carboxylic acids is 2. The summed E-state index contributed by atoms with van der Waals surface area (Å²) in [4.78, 5) is 31.1. The van der Waals surface area contributed by atoms with Gasteiger partial charge in [0, 0.05) is 13.1 Å². The molecule has 2 rings (SSSR count). The van der Waals surface area contributed by atoms with Crippen LogP contribution in [-0.2, 0) is 19.1 Å². The number of hydroxylamine groups is 2. The van der Waals surface area contributed by atoms with Gasteiger partial charge in [-0.15, -0.1) is 0 Å². The third-order valence-corrected chi connectivity index (χ3v) is 4.06. The molecular formula is C16H30N4O6. The van der Waals surface area contributed by atoms with Crippen molar-refractivity contribution in [3.63, 3.8) is 0 Å². The quantitative estimate of drug-likeness (QED) is 0.288. The van der Waals surface area contributed by atoms with Gasteiger partial charge in [-0.05, 0) is 33.6 Å². The van der Waals surface area contributed by atoms with Crippen LogP contribution in [0.15, 0.2) is 0 Å². The molecule has 0 aromatic heterocycles. The maximum atomic E-state index is 12.4. The fourth-order valence-corrected chi connectivity index (χ4v) is 2.88. The van der Waals surface area contributed by atoms with Crippen LogP contribution >= 0.6 is 0 Å². The largest absolute Gasteiger partial charge is 0.444 e. The summed E-state index contributed by atoms with van der Waals surface area (Å²) in [5.41, 5.74) is 3.95. The van der Waals surface area contributed by atoms with Gasteiger partial charge in [0.15, 0.2) is 12.5 Å². The Morgan fingerprint density at radius 1 is 1.27 bits per heavy atom. The summed E-state index contributed by atoms with van der Waals surface area (Å²) in [6, 6.07) is -0.375. The van der Waals surface area contributed by atoms with Gasteiger partial charge in [0.05, 0.1) is 12.6 Å². The Bertz CT molecular complexity index is 484. The normalized spacial score (nSPS) is 26.7. The predicted octanol–water partition coefficient (Wildman–Crippen LogP) is 0.465. The Hall–Kier alpha value is -1.46. The highest BCUT2D eigenvalue weighted by Crippen LogP contribution is 2.29. The number of carbonyl (C=O) groups is 2. The molecule has 26 heavy (non-hydrogen) atoms. The number of nitrogens with one attached hydrogen (secondary N) is 3. The fourth-order valence-electron chi connectivity index (χ4n) is 2.88. The van der Waals surface area contributed by atoms with Crippen LogP contribution in [0.3, 0.4) is 0 Å². The molecule has 2 fully saturated rings. The van der Waals surface area contributed by atoms with E-state index in [0.717, 1.165) is 25.8 Å². The minimum absolute atomic E-state index is 0.123. The smallest absolute Gasteiger partial charge is 0.407 e. The summed E-state index contributed by atoms with van der Waals surface area (Å²) in [5.74, 6) is -0.253. The van der Waals surface area contributed by atoms with Gasteiger partial charge in [-0.1, -0.05) is 12.8 Å². The van der Waals surface area contributed by atoms with Crippen LogP contribution in [0.2, 0.25) is 0 Å². The second-order valence-corrected chi connectivity index (χ2v) is 7.42. The summed E-state index contributed by atoms with van der Waals surface area (Å²) in [6.45, 7) is 6.40. The van der Waals surface area contributed by atoms with Crippen LogP contribution in [0.1, 0.15) is 46.5 Å². The lowest BCUT2D eigenvalue weighted by molar-refractivity contribution is -0.140. The number of ether oxygens (including phenoxy) is 2. The number of hydrogen-bond donors (Lipinski definition) is 4. The van der Waals surface area contributed by atoms with Crippen LogP contribution in [0, 0.1) is 0 Å². The molecule has 2 aliphatic rings. The standard InChI is InChI=1S/C16H30N4O6/c1-16(2,3)26-15(22)17-8-10-24-19-12(21)11-7-5-4-6-9-20(11)14-13(18-23)25-14/h11,13-14,18,23H,4-10H2,1-3H3,(H,17,22)(H,19,21)/t11-,13?,14?/m0/s1. The van der Waals surface area contributed by atoms with E-state index in [1.165, 1.54) is 0 Å². The van der Waals surface area contributed by atoms with Crippen LogP contribution in [0.25, 0.3) is 0 Å². The first-order valence-electron chi connectivity index (χ1n) is 9.01. The number of amides is 2. The Labute approximate surface area is 153 Å². The summed E-state index contributed by atoms with van der Waals surface area (Å²) < 4.78 is 10.4. The summed E-state index contributed by atoms with van der Waals surface area (Å²) in [5, 5.41) is 11.5. The summed E-state index contributed by atoms with van der Waals surface area (Å²) in [7, 11) is 0. The highest BCUT2D eigenvalue weighted by molar-refractivity contribution is 5.80. The number of epoxide rings is 1. The Morgan fingerprint density at radius 2 is 2.04 bits per heavy atom. The SMILES string of the molecule is CC(C)(C)OC(=O)NCCONC(=O)[C@@H]1CCCCCN1C1OC1NO. The first-order valence-corrected chi connectivity index (χ1v) is 9.01. The maximum absolute atomic E-state index is 12.4. The number of nitrogens with zero attached hydrogens (tertiary/aromatic N) is 1. The number of likely N-dealkylation sites (tertiary alicyclic amines) is 1. The second-order valence-electron chi connectivity index (χ2n) is 7.42. The molecule has 0 radical (unpaired) electrons. The fraction of sp³-hybridized carbons (Fsp3) is 0.875. The van der Waals surface area contributed by atoms with Crippen molar-refractivity contribution in [2.75, 3.05) is 19.7 Å². The highest BCUT2D eigenvalue weighted by atomic mass is 16.7. The van der Waals surface area contributed by atoms with Crippen molar-refractivity contribution < 1.29 is 29.1 Å². The molecule has 4 N–H and O–H groups in total. The van der Waals surface area contributed by atoms with Crippen LogP contribution in [-0.4, -0.2) is 65.9 Å². The van der Waals surface area contributed by atoms with Gasteiger partial charge in [0.25, 0.3) is 5.91 Å². The molecule has 3 atom stereocenters. The van der Waals surface area contributed by atoms with Crippen molar-refractivity contribution in [2.24, 2.45) is 0 Å². The van der Waals surface area contributed by atoms with Crippen molar-refractivity contribution in [3.05, 3.63) is 0 Å². The molecule has 150 valence electrons. The number of alkyl carbamates (subject to hydrolysis) is 1. The lowest BCUT2D eigenvalue weighted by atomic mass is 10.1. The van der Waals surface area contributed by atoms with E-state index in [-0.39, 0.29) is 31.3 Å². The summed E-state index contributed by atoms with van der Waals surface area (Å²) >= 11 is 0. The van der Waals surface area contributed by atoms with E-state index in [1.54, 1.807) is 20.8 Å². The van der Waals surface area contributed by atoms with Gasteiger partial charge in [-0.2, -0.15) is 5.48 Å². The molecule has 0 saturated carbocycles. The van der Waals surface area contributed by atoms with Crippen molar-refractivity contribution >= 4 is 12.0 Å². The zero-order valence-corrected chi connectivity index (χ0v) is 15.6. The van der Waals surface area contributed by atoms with Gasteiger partial charge in [-0.25, -0.2) is 10.3 Å². The first-order chi connectivity index (χ1) is 12.3. The van der Waals surface area contributed by atoms with Crippen molar-refractivity contribution in [1.82, 2.24) is 21.2 Å². The van der Waals surface area contributed by atoms with E-state index in [0.29, 0.717) is 6.42 Å². The molecule has 2 unspecified atom stereocenters. The van der Waals surface area contributed by atoms with E-state index in [1.807, 2.05) is 4.90 Å². The monoisotopic (exact) mass is 374 g/mol. The van der Waals surface area contributed by atoms with E-state index in [2.05, 4.69) is 16.3 Å². The lowest BCUT2D eigenvalue weighted by Crippen LogP contribution is -2.49. The Balaban J connectivity index is 1.69. The molecule has 2 heterocycles. The number of rotatable bonds is 7. The zero-order valence-electron chi connectivity index (χ0n) is 15.6. The first kappa shape index (κ1) is 20.8. The molecular weight excluding hydrogens is 344 g/mol. The zero-order chi connectivity index (χ0) is 19.2. The van der Waals surface area contributed by atoms with Gasteiger partial charge in [0.2, 0.25) is 0 Å². The molecule has 0 aromatic carbocycles. The minimum Gasteiger partial charge on any atom is -0.444 e. The maximum Gasteiger partial charge on any atom is 0.407 e. The topological polar surface area (TPSA) is 125 Å². The van der Waals surface area contributed by atoms with E-state index in [9.17, 15) is 9.59 Å². The van der Waals surface area contributed by atoms with Crippen molar-refractivity contribution in [3.8, 4) is 0 Å². The van der Waals surface area contributed by atoms with E-state index >= 15 is 0 Å². The molecule has 0 aliphatic carbocycles. The second kappa shape index (κ2) is 9.47. The van der Waals surface area contributed by atoms with Crippen LogP contribution < -0.4 is 16.3 Å². The molecule has 2 aliphatic heterocycles. The van der Waals surface area contributed by atoms with E-state index < -0.39 is 17.9 Å². The molecule has 10 nitrogen and oxygen atoms in total. The van der Waals surface area contributed by atoms with E-state index in [4.69, 9.17) is 19.5 Å². The summed E-state index contributed by atoms with van der Waals surface area (Å²) in [6.07, 6.45) is 2.37. The molecule has 0 aromatic rings. The predicted molar refractivity (Wildman–Crippen MR) is 90.9 cm³/mol. The van der Waals surface area contributed by atoms with Gasteiger partial charge < -0.3 is 20.0 Å². The average Bonchev–Trinajstić information content (AvgIpc) is 3.34. The van der Waals surface area contributed by atoms with Gasteiger partial charge in [0.1, 0.15) is 5.60 Å². The number of hydrogen-bond acceptors (Lipinski definition) is 8. The third-order valence-electron chi connectivity index (χ3n) is 4.06. The van der Waals surface area contributed by atoms with Crippen LogP contribution in [0.5, 0.6) is 0 Å². The Morgan fingerprint density at radius 3 is 2.69 bits per heavy atom. The molecule has 10 heteroatoms.